The number of sulfonamides is 1. The Morgan fingerprint density at radius 3 is 2.62 bits per heavy atom. The molecular weight excluding hydrogens is 456 g/mol. The highest BCUT2D eigenvalue weighted by Crippen LogP contribution is 2.29. The lowest BCUT2D eigenvalue weighted by Crippen LogP contribution is -2.42. The van der Waals surface area contributed by atoms with E-state index in [1.54, 1.807) is 4.31 Å². The number of nitrogens with zero attached hydrogens (tertiary/aromatic N) is 1. The van der Waals surface area contributed by atoms with E-state index in [1.807, 2.05) is 48.5 Å². The average Bonchev–Trinajstić information content (AvgIpc) is 2.82. The van der Waals surface area contributed by atoms with Gasteiger partial charge in [0.15, 0.2) is 0 Å². The molecule has 0 aliphatic carbocycles. The molecule has 0 spiro atoms. The molecule has 4 N–H and O–H groups in total. The van der Waals surface area contributed by atoms with Crippen molar-refractivity contribution in [2.75, 3.05) is 26.2 Å². The summed E-state index contributed by atoms with van der Waals surface area (Å²) in [5.74, 6) is 0.815. The fraction of sp³-hybridized carbons (Fsp3) is 0.417. The molecule has 9 nitrogen and oxygen atoms in total. The Labute approximate surface area is 199 Å². The van der Waals surface area contributed by atoms with Gasteiger partial charge in [-0.1, -0.05) is 36.4 Å². The number of nitrogens with one attached hydrogen (secondary N) is 3. The molecule has 2 heterocycles. The van der Waals surface area contributed by atoms with Crippen molar-refractivity contribution in [3.63, 3.8) is 0 Å². The van der Waals surface area contributed by atoms with Crippen LogP contribution in [0.2, 0.25) is 0 Å². The van der Waals surface area contributed by atoms with Gasteiger partial charge in [0.25, 0.3) is 0 Å². The third-order valence-corrected chi connectivity index (χ3v) is 8.20. The second-order valence-corrected chi connectivity index (χ2v) is 10.7. The Morgan fingerprint density at radius 2 is 1.91 bits per heavy atom. The van der Waals surface area contributed by atoms with E-state index >= 15 is 0 Å². The molecule has 4 rings (SSSR count). The second kappa shape index (κ2) is 10.5. The van der Waals surface area contributed by atoms with E-state index in [9.17, 15) is 13.2 Å². The Bertz CT molecular complexity index is 1130. The Balaban J connectivity index is 1.32. The van der Waals surface area contributed by atoms with Crippen molar-refractivity contribution >= 4 is 22.0 Å². The van der Waals surface area contributed by atoms with E-state index in [2.05, 4.69) is 10.6 Å². The van der Waals surface area contributed by atoms with Gasteiger partial charge in [0.1, 0.15) is 11.6 Å². The zero-order chi connectivity index (χ0) is 24.1. The lowest BCUT2D eigenvalue weighted by molar-refractivity contribution is 0.185. The maximum atomic E-state index is 12.8. The summed E-state index contributed by atoms with van der Waals surface area (Å²) in [4.78, 5) is 10.9. The summed E-state index contributed by atoms with van der Waals surface area (Å²) in [5, 5.41) is 22.3. The van der Waals surface area contributed by atoms with E-state index in [4.69, 9.17) is 15.3 Å². The molecule has 1 saturated heterocycles. The highest BCUT2D eigenvalue weighted by Gasteiger charge is 2.29. The standard InChI is InChI=1S/C24H30N4O5S/c25-23(27-24(29)30)22-21-14-20(7-6-19(21)8-11-26-22)33-15-17-9-12-28(13-10-17)34(31,32)16-18-4-2-1-3-5-18/h1-7,14,17,22,26H,8-13,15-16H2,(H2,25,27)(H,29,30). The van der Waals surface area contributed by atoms with E-state index in [-0.39, 0.29) is 17.5 Å². The summed E-state index contributed by atoms with van der Waals surface area (Å²) in [7, 11) is -3.34. The zero-order valence-electron chi connectivity index (χ0n) is 18.9. The fourth-order valence-corrected chi connectivity index (χ4v) is 6.07. The highest BCUT2D eigenvalue weighted by molar-refractivity contribution is 7.88. The number of rotatable bonds is 7. The van der Waals surface area contributed by atoms with Gasteiger partial charge in [-0.15, -0.1) is 0 Å². The van der Waals surface area contributed by atoms with Gasteiger partial charge in [0, 0.05) is 19.6 Å². The van der Waals surface area contributed by atoms with Crippen LogP contribution in [0.1, 0.15) is 35.6 Å². The van der Waals surface area contributed by atoms with Crippen molar-refractivity contribution in [3.05, 3.63) is 65.2 Å². The first-order valence-electron chi connectivity index (χ1n) is 11.4. The molecule has 0 radical (unpaired) electrons. The first-order valence-corrected chi connectivity index (χ1v) is 13.0. The van der Waals surface area contributed by atoms with Crippen LogP contribution in [0.3, 0.4) is 0 Å². The number of piperidine rings is 1. The molecule has 2 aliphatic heterocycles. The SMILES string of the molecule is N=C(NC(=O)O)C1NCCc2ccc(OCC3CCN(S(=O)(=O)Cc4ccccc4)CC3)cc21. The molecule has 1 fully saturated rings. The number of hydrogen-bond acceptors (Lipinski definition) is 6. The van der Waals surface area contributed by atoms with Gasteiger partial charge in [-0.05, 0) is 54.0 Å². The fourth-order valence-electron chi connectivity index (χ4n) is 4.51. The van der Waals surface area contributed by atoms with Gasteiger partial charge in [-0.25, -0.2) is 17.5 Å². The number of amides is 1. The van der Waals surface area contributed by atoms with Crippen LogP contribution in [-0.4, -0.2) is 56.0 Å². The van der Waals surface area contributed by atoms with Crippen molar-refractivity contribution in [2.45, 2.75) is 31.1 Å². The topological polar surface area (TPSA) is 132 Å². The highest BCUT2D eigenvalue weighted by atomic mass is 32.2. The molecule has 1 atom stereocenters. The Kier molecular flexibility index (Phi) is 7.50. The predicted octanol–water partition coefficient (Wildman–Crippen LogP) is 2.74. The minimum Gasteiger partial charge on any atom is -0.493 e. The first-order chi connectivity index (χ1) is 16.3. The smallest absolute Gasteiger partial charge is 0.410 e. The number of carboxylic acid groups (broad SMARTS) is 1. The van der Waals surface area contributed by atoms with Crippen LogP contribution in [0.4, 0.5) is 4.79 Å². The van der Waals surface area contributed by atoms with Crippen molar-refractivity contribution in [2.24, 2.45) is 5.92 Å². The number of amidine groups is 1. The molecule has 2 aliphatic rings. The summed E-state index contributed by atoms with van der Waals surface area (Å²) >= 11 is 0. The summed E-state index contributed by atoms with van der Waals surface area (Å²) in [6, 6.07) is 14.4. The van der Waals surface area contributed by atoms with E-state index in [0.29, 0.717) is 32.0 Å². The largest absolute Gasteiger partial charge is 0.493 e. The summed E-state index contributed by atoms with van der Waals surface area (Å²) in [6.07, 6.45) is 0.998. The predicted molar refractivity (Wildman–Crippen MR) is 129 cm³/mol. The maximum absolute atomic E-state index is 12.8. The normalized spacial score (nSPS) is 19.2. The summed E-state index contributed by atoms with van der Waals surface area (Å²) < 4.78 is 33.1. The lowest BCUT2D eigenvalue weighted by atomic mass is 9.93. The minimum absolute atomic E-state index is 0.0189. The molecule has 182 valence electrons. The van der Waals surface area contributed by atoms with E-state index < -0.39 is 22.2 Å². The molecule has 0 bridgehead atoms. The average molecular weight is 487 g/mol. The van der Waals surface area contributed by atoms with E-state index in [0.717, 1.165) is 36.0 Å². The molecular formula is C24H30N4O5S. The van der Waals surface area contributed by atoms with Crippen LogP contribution in [0.25, 0.3) is 0 Å². The second-order valence-electron chi connectivity index (χ2n) is 8.74. The van der Waals surface area contributed by atoms with Crippen LogP contribution in [-0.2, 0) is 22.2 Å². The molecule has 0 aromatic heterocycles. The van der Waals surface area contributed by atoms with Crippen molar-refractivity contribution in [3.8, 4) is 5.75 Å². The van der Waals surface area contributed by atoms with Crippen molar-refractivity contribution in [1.29, 1.82) is 5.41 Å². The van der Waals surface area contributed by atoms with Crippen LogP contribution in [0.5, 0.6) is 5.75 Å². The molecule has 2 aromatic rings. The van der Waals surface area contributed by atoms with Crippen LogP contribution >= 0.6 is 0 Å². The third kappa shape index (κ3) is 5.94. The van der Waals surface area contributed by atoms with Crippen LogP contribution in [0.15, 0.2) is 48.5 Å². The lowest BCUT2D eigenvalue weighted by Gasteiger charge is -2.31. The van der Waals surface area contributed by atoms with Gasteiger partial charge < -0.3 is 15.2 Å². The monoisotopic (exact) mass is 486 g/mol. The number of benzene rings is 2. The molecule has 1 amide bonds. The number of fused-ring (bicyclic) bond motifs is 1. The number of carbonyl (C=O) groups is 1. The minimum atomic E-state index is -3.34. The van der Waals surface area contributed by atoms with Gasteiger partial charge in [-0.3, -0.25) is 10.7 Å². The third-order valence-electron chi connectivity index (χ3n) is 6.35. The van der Waals surface area contributed by atoms with Crippen molar-refractivity contribution in [1.82, 2.24) is 14.9 Å². The van der Waals surface area contributed by atoms with E-state index in [1.165, 1.54) is 0 Å². The number of ether oxygens (including phenoxy) is 1. The molecule has 34 heavy (non-hydrogen) atoms. The Morgan fingerprint density at radius 1 is 1.18 bits per heavy atom. The van der Waals surface area contributed by atoms with Gasteiger partial charge in [0.2, 0.25) is 10.0 Å². The molecule has 10 heteroatoms. The maximum Gasteiger partial charge on any atom is 0.410 e. The zero-order valence-corrected chi connectivity index (χ0v) is 19.7. The van der Waals surface area contributed by atoms with Gasteiger partial charge in [-0.2, -0.15) is 0 Å². The molecule has 0 saturated carbocycles. The number of hydrogen-bond donors (Lipinski definition) is 4. The Hall–Kier alpha value is -2.95. The first kappa shape index (κ1) is 24.2. The van der Waals surface area contributed by atoms with Gasteiger partial charge >= 0.3 is 6.09 Å². The van der Waals surface area contributed by atoms with Crippen LogP contribution < -0.4 is 15.4 Å². The molecule has 1 unspecified atom stereocenters. The molecule has 2 aromatic carbocycles. The van der Waals surface area contributed by atoms with Crippen LogP contribution in [0, 0.1) is 11.3 Å². The van der Waals surface area contributed by atoms with Gasteiger partial charge in [0.05, 0.1) is 18.4 Å². The van der Waals surface area contributed by atoms with Crippen molar-refractivity contribution < 1.29 is 23.1 Å². The summed E-state index contributed by atoms with van der Waals surface area (Å²) in [5.41, 5.74) is 2.69. The summed E-state index contributed by atoms with van der Waals surface area (Å²) in [6.45, 7) is 2.11. The quantitative estimate of drug-likeness (QED) is 0.352.